The van der Waals surface area contributed by atoms with Crippen molar-refractivity contribution in [2.45, 2.75) is 43.9 Å². The molecule has 20 heavy (non-hydrogen) atoms. The highest BCUT2D eigenvalue weighted by atomic mass is 16.5. The minimum absolute atomic E-state index is 0.434. The average molecular weight is 279 g/mol. The van der Waals surface area contributed by atoms with E-state index in [0.29, 0.717) is 12.1 Å². The Balaban J connectivity index is 1.98. The number of nitrogen functional groups attached to an aromatic ring is 1. The molecule has 1 saturated heterocycles. The summed E-state index contributed by atoms with van der Waals surface area (Å²) in [5.74, 6) is 0. The van der Waals surface area contributed by atoms with Gasteiger partial charge in [-0.25, -0.2) is 0 Å². The van der Waals surface area contributed by atoms with Crippen molar-refractivity contribution in [3.05, 3.63) is 35.9 Å². The third-order valence-electron chi connectivity index (χ3n) is 3.61. The quantitative estimate of drug-likeness (QED) is 0.606. The Bertz CT molecular complexity index is 477. The molecule has 5 nitrogen and oxygen atoms in total. The molecule has 0 aromatic heterocycles. The van der Waals surface area contributed by atoms with Gasteiger partial charge in [0.1, 0.15) is 18.3 Å². The van der Waals surface area contributed by atoms with E-state index in [1.807, 2.05) is 36.4 Å². The third kappa shape index (κ3) is 3.19. The van der Waals surface area contributed by atoms with Crippen LogP contribution in [-0.4, -0.2) is 45.8 Å². The smallest absolute Gasteiger partial charge is 0.111 e. The molecule has 2 rings (SSSR count). The molecule has 0 spiro atoms. The standard InChI is InChI=1S/C15H21NO4/c1-9-13(17)15(19)14(18)12(20-9)8-4-6-10-5-2-3-7-11(10)16/h2-7,9,12-15,17-19H,8,16H2,1H3/b6-4+/t9?,12-,13+,14?,15-/m0/s1. The predicted molar refractivity (Wildman–Crippen MR) is 76.9 cm³/mol. The lowest BCUT2D eigenvalue weighted by atomic mass is 9.94. The molecule has 5 heteroatoms. The van der Waals surface area contributed by atoms with E-state index in [1.54, 1.807) is 6.92 Å². The van der Waals surface area contributed by atoms with Crippen molar-refractivity contribution in [2.75, 3.05) is 5.73 Å². The van der Waals surface area contributed by atoms with Gasteiger partial charge < -0.3 is 25.8 Å². The maximum absolute atomic E-state index is 9.88. The SMILES string of the molecule is CC1O[C@@H](C/C=C/c2ccccc2N)C(O)[C@@H](O)[C@@H]1O. The number of anilines is 1. The number of para-hydroxylation sites is 1. The first-order valence-electron chi connectivity index (χ1n) is 6.71. The van der Waals surface area contributed by atoms with E-state index in [9.17, 15) is 15.3 Å². The van der Waals surface area contributed by atoms with Gasteiger partial charge in [0.15, 0.2) is 0 Å². The molecule has 0 bridgehead atoms. The van der Waals surface area contributed by atoms with Gasteiger partial charge in [0, 0.05) is 5.69 Å². The second-order valence-corrected chi connectivity index (χ2v) is 5.12. The van der Waals surface area contributed by atoms with Gasteiger partial charge >= 0.3 is 0 Å². The van der Waals surface area contributed by atoms with Crippen LogP contribution in [0, 0.1) is 0 Å². The molecule has 0 saturated carbocycles. The molecular weight excluding hydrogens is 258 g/mol. The Morgan fingerprint density at radius 3 is 2.55 bits per heavy atom. The highest BCUT2D eigenvalue weighted by Gasteiger charge is 2.40. The van der Waals surface area contributed by atoms with Crippen LogP contribution in [0.4, 0.5) is 5.69 Å². The van der Waals surface area contributed by atoms with E-state index in [2.05, 4.69) is 0 Å². The van der Waals surface area contributed by atoms with E-state index in [-0.39, 0.29) is 0 Å². The topological polar surface area (TPSA) is 95.9 Å². The Morgan fingerprint density at radius 1 is 1.15 bits per heavy atom. The van der Waals surface area contributed by atoms with Gasteiger partial charge in [-0.3, -0.25) is 0 Å². The zero-order chi connectivity index (χ0) is 14.7. The predicted octanol–water partition coefficient (Wildman–Crippen LogP) is 0.542. The molecule has 5 atom stereocenters. The summed E-state index contributed by atoms with van der Waals surface area (Å²) in [6, 6.07) is 7.46. The van der Waals surface area contributed by atoms with Crippen LogP contribution >= 0.6 is 0 Å². The van der Waals surface area contributed by atoms with Gasteiger partial charge in [-0.05, 0) is 25.0 Å². The summed E-state index contributed by atoms with van der Waals surface area (Å²) in [5.41, 5.74) is 7.40. The van der Waals surface area contributed by atoms with Crippen molar-refractivity contribution in [3.63, 3.8) is 0 Å². The van der Waals surface area contributed by atoms with E-state index in [1.165, 1.54) is 0 Å². The van der Waals surface area contributed by atoms with Gasteiger partial charge in [0.25, 0.3) is 0 Å². The van der Waals surface area contributed by atoms with Gasteiger partial charge in [-0.2, -0.15) is 0 Å². The van der Waals surface area contributed by atoms with Crippen molar-refractivity contribution in [3.8, 4) is 0 Å². The summed E-state index contributed by atoms with van der Waals surface area (Å²) < 4.78 is 5.51. The van der Waals surface area contributed by atoms with Crippen molar-refractivity contribution < 1.29 is 20.1 Å². The minimum atomic E-state index is -1.18. The number of ether oxygens (including phenoxy) is 1. The van der Waals surface area contributed by atoms with Crippen LogP contribution in [0.5, 0.6) is 0 Å². The number of rotatable bonds is 3. The molecular formula is C15H21NO4. The van der Waals surface area contributed by atoms with Gasteiger partial charge in [-0.1, -0.05) is 30.4 Å². The van der Waals surface area contributed by atoms with Crippen LogP contribution in [0.25, 0.3) is 6.08 Å². The van der Waals surface area contributed by atoms with Gasteiger partial charge in [-0.15, -0.1) is 0 Å². The molecule has 1 fully saturated rings. The molecule has 110 valence electrons. The van der Waals surface area contributed by atoms with E-state index < -0.39 is 30.5 Å². The van der Waals surface area contributed by atoms with Crippen molar-refractivity contribution in [2.24, 2.45) is 0 Å². The van der Waals surface area contributed by atoms with Gasteiger partial charge in [0.05, 0.1) is 12.2 Å². The van der Waals surface area contributed by atoms with Crippen molar-refractivity contribution in [1.82, 2.24) is 0 Å². The van der Waals surface area contributed by atoms with Gasteiger partial charge in [0.2, 0.25) is 0 Å². The fourth-order valence-corrected chi connectivity index (χ4v) is 2.32. The number of nitrogens with two attached hydrogens (primary N) is 1. The number of hydrogen-bond donors (Lipinski definition) is 4. The molecule has 1 aromatic carbocycles. The molecule has 0 aliphatic carbocycles. The van der Waals surface area contributed by atoms with Crippen molar-refractivity contribution >= 4 is 11.8 Å². The van der Waals surface area contributed by atoms with Crippen LogP contribution in [0.1, 0.15) is 18.9 Å². The highest BCUT2D eigenvalue weighted by Crippen LogP contribution is 2.23. The van der Waals surface area contributed by atoms with Crippen LogP contribution in [0.2, 0.25) is 0 Å². The normalized spacial score (nSPS) is 34.5. The van der Waals surface area contributed by atoms with Crippen LogP contribution < -0.4 is 5.73 Å². The van der Waals surface area contributed by atoms with Crippen LogP contribution in [-0.2, 0) is 4.74 Å². The summed E-state index contributed by atoms with van der Waals surface area (Å²) in [5, 5.41) is 29.2. The second kappa shape index (κ2) is 6.37. The Kier molecular flexibility index (Phi) is 4.77. The monoisotopic (exact) mass is 279 g/mol. The second-order valence-electron chi connectivity index (χ2n) is 5.12. The summed E-state index contributed by atoms with van der Waals surface area (Å²) in [6.45, 7) is 1.67. The summed E-state index contributed by atoms with van der Waals surface area (Å²) in [7, 11) is 0. The highest BCUT2D eigenvalue weighted by molar-refractivity contribution is 5.63. The number of benzene rings is 1. The summed E-state index contributed by atoms with van der Waals surface area (Å²) in [4.78, 5) is 0. The molecule has 0 radical (unpaired) electrons. The molecule has 1 aliphatic rings. The third-order valence-corrected chi connectivity index (χ3v) is 3.61. The lowest BCUT2D eigenvalue weighted by molar-refractivity contribution is -0.215. The van der Waals surface area contributed by atoms with Crippen LogP contribution in [0.3, 0.4) is 0 Å². The maximum Gasteiger partial charge on any atom is 0.111 e. The fourth-order valence-electron chi connectivity index (χ4n) is 2.32. The van der Waals surface area contributed by atoms with E-state index in [0.717, 1.165) is 5.56 Å². The molecule has 1 aliphatic heterocycles. The molecule has 2 unspecified atom stereocenters. The minimum Gasteiger partial charge on any atom is -0.398 e. The fraction of sp³-hybridized carbons (Fsp3) is 0.467. The maximum atomic E-state index is 9.88. The first kappa shape index (κ1) is 15.0. The molecule has 0 amide bonds. The summed E-state index contributed by atoms with van der Waals surface area (Å²) in [6.07, 6.45) is -0.250. The molecule has 1 heterocycles. The Hall–Kier alpha value is -1.40. The number of aliphatic hydroxyl groups excluding tert-OH is 3. The zero-order valence-corrected chi connectivity index (χ0v) is 11.4. The Labute approximate surface area is 118 Å². The average Bonchev–Trinajstić information content (AvgIpc) is 2.44. The zero-order valence-electron chi connectivity index (χ0n) is 11.4. The Morgan fingerprint density at radius 2 is 1.85 bits per heavy atom. The first-order valence-corrected chi connectivity index (χ1v) is 6.71. The molecule has 5 N–H and O–H groups in total. The number of hydrogen-bond acceptors (Lipinski definition) is 5. The molecule has 1 aromatic rings. The van der Waals surface area contributed by atoms with Crippen molar-refractivity contribution in [1.29, 1.82) is 0 Å². The summed E-state index contributed by atoms with van der Waals surface area (Å²) >= 11 is 0. The lowest BCUT2D eigenvalue weighted by Gasteiger charge is -2.39. The van der Waals surface area contributed by atoms with Crippen LogP contribution in [0.15, 0.2) is 30.3 Å². The largest absolute Gasteiger partial charge is 0.398 e. The van der Waals surface area contributed by atoms with E-state index >= 15 is 0 Å². The number of aliphatic hydroxyl groups is 3. The lowest BCUT2D eigenvalue weighted by Crippen LogP contribution is -2.56. The van der Waals surface area contributed by atoms with E-state index in [4.69, 9.17) is 10.5 Å². The first-order chi connectivity index (χ1) is 9.50.